The largest absolute Gasteiger partial charge is 0.304 e. The van der Waals surface area contributed by atoms with Crippen LogP contribution in [0.4, 0.5) is 0 Å². The predicted octanol–water partition coefficient (Wildman–Crippen LogP) is 1.09. The Morgan fingerprint density at radius 2 is 2.05 bits per heavy atom. The Hall–Kier alpha value is -0.910. The molecule has 3 N–H and O–H groups in total. The van der Waals surface area contributed by atoms with Gasteiger partial charge >= 0.3 is 0 Å². The summed E-state index contributed by atoms with van der Waals surface area (Å²) in [6.45, 7) is 9.80. The number of nitrogens with two attached hydrogens (primary N) is 1. The summed E-state index contributed by atoms with van der Waals surface area (Å²) in [5.74, 6) is 5.68. The minimum absolute atomic E-state index is 0.306. The second kappa shape index (κ2) is 8.30. The fourth-order valence-electron chi connectivity index (χ4n) is 2.31. The monoisotopic (exact) mass is 267 g/mol. The molecule has 0 amide bonds. The molecule has 1 rings (SSSR count). The Morgan fingerprint density at radius 3 is 2.53 bits per heavy atom. The van der Waals surface area contributed by atoms with Crippen molar-refractivity contribution in [1.82, 2.24) is 20.1 Å². The molecule has 1 atom stereocenters. The van der Waals surface area contributed by atoms with Gasteiger partial charge in [0.05, 0.1) is 5.69 Å². The summed E-state index contributed by atoms with van der Waals surface area (Å²) >= 11 is 0. The molecule has 0 aliphatic carbocycles. The van der Waals surface area contributed by atoms with E-state index in [2.05, 4.69) is 42.3 Å². The zero-order valence-corrected chi connectivity index (χ0v) is 12.8. The van der Waals surface area contributed by atoms with Crippen molar-refractivity contribution in [2.45, 2.75) is 46.1 Å². The van der Waals surface area contributed by atoms with Crippen molar-refractivity contribution in [3.63, 3.8) is 0 Å². The van der Waals surface area contributed by atoms with Crippen molar-refractivity contribution in [2.24, 2.45) is 12.9 Å². The Balaban J connectivity index is 2.53. The molecule has 0 saturated carbocycles. The van der Waals surface area contributed by atoms with Gasteiger partial charge in [-0.15, -0.1) is 0 Å². The zero-order chi connectivity index (χ0) is 14.3. The number of hydrogen-bond donors (Lipinski definition) is 2. The summed E-state index contributed by atoms with van der Waals surface area (Å²) in [4.78, 5) is 2.42. The van der Waals surface area contributed by atoms with Crippen molar-refractivity contribution < 1.29 is 0 Å². The van der Waals surface area contributed by atoms with E-state index in [0.717, 1.165) is 44.6 Å². The van der Waals surface area contributed by atoms with Crippen LogP contribution < -0.4 is 11.3 Å². The molecule has 0 bridgehead atoms. The van der Waals surface area contributed by atoms with Gasteiger partial charge in [0, 0.05) is 25.2 Å². The number of nitrogens with zero attached hydrogens (tertiary/aromatic N) is 3. The minimum atomic E-state index is 0.306. The number of hydrazine groups is 1. The van der Waals surface area contributed by atoms with Crippen LogP contribution in [0.3, 0.4) is 0 Å². The van der Waals surface area contributed by atoms with Crippen LogP contribution in [-0.2, 0) is 19.9 Å². The number of aromatic nitrogens is 2. The molecule has 1 aromatic rings. The fourth-order valence-corrected chi connectivity index (χ4v) is 2.31. The van der Waals surface area contributed by atoms with E-state index in [9.17, 15) is 0 Å². The van der Waals surface area contributed by atoms with Gasteiger partial charge in [0.25, 0.3) is 0 Å². The standard InChI is InChI=1S/C14H29N5/c1-5-12-10-14(18(4)17-12)11-13(16-15)8-9-19(6-2)7-3/h10,13,16H,5-9,11,15H2,1-4H3. The quantitative estimate of drug-likeness (QED) is 0.519. The Bertz CT molecular complexity index is 357. The van der Waals surface area contributed by atoms with Crippen LogP contribution in [0.25, 0.3) is 0 Å². The van der Waals surface area contributed by atoms with Crippen molar-refractivity contribution in [1.29, 1.82) is 0 Å². The van der Waals surface area contributed by atoms with Crippen LogP contribution in [0.5, 0.6) is 0 Å². The third-order valence-corrected chi connectivity index (χ3v) is 3.77. The molecule has 0 radical (unpaired) electrons. The highest BCUT2D eigenvalue weighted by molar-refractivity contribution is 5.11. The highest BCUT2D eigenvalue weighted by Crippen LogP contribution is 2.09. The lowest BCUT2D eigenvalue weighted by molar-refractivity contribution is 0.280. The maximum Gasteiger partial charge on any atom is 0.0624 e. The smallest absolute Gasteiger partial charge is 0.0624 e. The lowest BCUT2D eigenvalue weighted by atomic mass is 10.1. The first-order valence-electron chi connectivity index (χ1n) is 7.34. The van der Waals surface area contributed by atoms with Gasteiger partial charge in [-0.05, 0) is 38.5 Å². The fraction of sp³-hybridized carbons (Fsp3) is 0.786. The van der Waals surface area contributed by atoms with Crippen molar-refractivity contribution in [2.75, 3.05) is 19.6 Å². The highest BCUT2D eigenvalue weighted by Gasteiger charge is 2.13. The molecule has 1 unspecified atom stereocenters. The summed E-state index contributed by atoms with van der Waals surface area (Å²) in [6.07, 6.45) is 2.97. The van der Waals surface area contributed by atoms with Crippen LogP contribution in [-0.4, -0.2) is 40.4 Å². The molecule has 0 aromatic carbocycles. The number of aryl methyl sites for hydroxylation is 2. The van der Waals surface area contributed by atoms with E-state index in [-0.39, 0.29) is 0 Å². The summed E-state index contributed by atoms with van der Waals surface area (Å²) in [5.41, 5.74) is 5.34. The van der Waals surface area contributed by atoms with Crippen molar-refractivity contribution in [3.8, 4) is 0 Å². The van der Waals surface area contributed by atoms with E-state index >= 15 is 0 Å². The average Bonchev–Trinajstić information content (AvgIpc) is 2.79. The van der Waals surface area contributed by atoms with E-state index in [1.807, 2.05) is 11.7 Å². The molecule has 0 saturated heterocycles. The number of hydrogen-bond acceptors (Lipinski definition) is 4. The topological polar surface area (TPSA) is 59.1 Å². The van der Waals surface area contributed by atoms with Crippen LogP contribution >= 0.6 is 0 Å². The lowest BCUT2D eigenvalue weighted by Gasteiger charge is -2.22. The van der Waals surface area contributed by atoms with Gasteiger partial charge in [0.2, 0.25) is 0 Å². The van der Waals surface area contributed by atoms with Gasteiger partial charge in [0.1, 0.15) is 0 Å². The molecule has 1 aromatic heterocycles. The van der Waals surface area contributed by atoms with E-state index in [1.54, 1.807) is 0 Å². The third kappa shape index (κ3) is 4.93. The second-order valence-electron chi connectivity index (χ2n) is 4.99. The molecular formula is C14H29N5. The molecule has 0 fully saturated rings. The third-order valence-electron chi connectivity index (χ3n) is 3.77. The zero-order valence-electron chi connectivity index (χ0n) is 12.8. The van der Waals surface area contributed by atoms with Crippen LogP contribution in [0.2, 0.25) is 0 Å². The molecule has 110 valence electrons. The summed E-state index contributed by atoms with van der Waals surface area (Å²) in [6, 6.07) is 2.49. The van der Waals surface area contributed by atoms with Gasteiger partial charge in [0.15, 0.2) is 0 Å². The summed E-state index contributed by atoms with van der Waals surface area (Å²) in [5, 5.41) is 4.48. The minimum Gasteiger partial charge on any atom is -0.304 e. The molecule has 19 heavy (non-hydrogen) atoms. The van der Waals surface area contributed by atoms with Gasteiger partial charge in [-0.25, -0.2) is 0 Å². The van der Waals surface area contributed by atoms with E-state index in [1.165, 1.54) is 5.69 Å². The molecule has 0 aliphatic rings. The van der Waals surface area contributed by atoms with Gasteiger partial charge in [-0.2, -0.15) is 5.10 Å². The maximum atomic E-state index is 5.68. The van der Waals surface area contributed by atoms with Gasteiger partial charge in [-0.1, -0.05) is 20.8 Å². The highest BCUT2D eigenvalue weighted by atomic mass is 15.3. The van der Waals surface area contributed by atoms with E-state index in [0.29, 0.717) is 6.04 Å². The first kappa shape index (κ1) is 16.1. The second-order valence-corrected chi connectivity index (χ2v) is 4.99. The Labute approximate surface area is 117 Å². The number of rotatable bonds is 9. The molecular weight excluding hydrogens is 238 g/mol. The van der Waals surface area contributed by atoms with Gasteiger partial charge < -0.3 is 4.90 Å². The molecule has 1 heterocycles. The first-order chi connectivity index (χ1) is 9.14. The van der Waals surface area contributed by atoms with E-state index in [4.69, 9.17) is 5.84 Å². The summed E-state index contributed by atoms with van der Waals surface area (Å²) in [7, 11) is 2.01. The van der Waals surface area contributed by atoms with Crippen LogP contribution in [0, 0.1) is 0 Å². The van der Waals surface area contributed by atoms with E-state index < -0.39 is 0 Å². The molecule has 0 aliphatic heterocycles. The first-order valence-corrected chi connectivity index (χ1v) is 7.34. The maximum absolute atomic E-state index is 5.68. The number of nitrogens with one attached hydrogen (secondary N) is 1. The Kier molecular flexibility index (Phi) is 7.05. The van der Waals surface area contributed by atoms with Crippen molar-refractivity contribution in [3.05, 3.63) is 17.5 Å². The molecule has 0 spiro atoms. The van der Waals surface area contributed by atoms with Crippen LogP contribution in [0.1, 0.15) is 38.6 Å². The average molecular weight is 267 g/mol. The van der Waals surface area contributed by atoms with Gasteiger partial charge in [-0.3, -0.25) is 16.0 Å². The molecule has 5 nitrogen and oxygen atoms in total. The van der Waals surface area contributed by atoms with Crippen molar-refractivity contribution >= 4 is 0 Å². The normalized spacial score (nSPS) is 13.2. The predicted molar refractivity (Wildman–Crippen MR) is 79.8 cm³/mol. The summed E-state index contributed by atoms with van der Waals surface area (Å²) < 4.78 is 1.97. The SMILES string of the molecule is CCc1cc(CC(CCN(CC)CC)NN)n(C)n1. The lowest BCUT2D eigenvalue weighted by Crippen LogP contribution is -2.40. The van der Waals surface area contributed by atoms with Crippen LogP contribution in [0.15, 0.2) is 6.07 Å². The molecule has 5 heteroatoms. The Morgan fingerprint density at radius 1 is 1.37 bits per heavy atom.